The van der Waals surface area contributed by atoms with E-state index >= 15 is 0 Å². The van der Waals surface area contributed by atoms with Crippen molar-refractivity contribution in [2.75, 3.05) is 5.73 Å². The molecular weight excluding hydrogens is 353 g/mol. The number of nitrogens with one attached hydrogen (secondary N) is 1. The maximum absolute atomic E-state index is 14.5. The van der Waals surface area contributed by atoms with Crippen LogP contribution in [0.4, 0.5) is 14.9 Å². The highest BCUT2D eigenvalue weighted by molar-refractivity contribution is 8.15. The van der Waals surface area contributed by atoms with Gasteiger partial charge in [-0.1, -0.05) is 18.2 Å². The summed E-state index contributed by atoms with van der Waals surface area (Å²) in [7, 11) is 0. The number of thioether (sulfide) groups is 1. The van der Waals surface area contributed by atoms with E-state index < -0.39 is 17.2 Å². The molecule has 1 aliphatic carbocycles. The number of carbonyl (C=O) groups excluding carboxylic acids is 1. The van der Waals surface area contributed by atoms with Crippen LogP contribution in [0.2, 0.25) is 0 Å². The van der Waals surface area contributed by atoms with Crippen LogP contribution in [0.25, 0.3) is 0 Å². The molecule has 26 heavy (non-hydrogen) atoms. The first-order valence-electron chi connectivity index (χ1n) is 8.85. The first-order chi connectivity index (χ1) is 12.0. The Labute approximate surface area is 158 Å². The predicted molar refractivity (Wildman–Crippen MR) is 104 cm³/mol. The van der Waals surface area contributed by atoms with Crippen LogP contribution >= 0.6 is 11.8 Å². The molecule has 1 unspecified atom stereocenters. The number of ether oxygens (including phenoxy) is 1. The van der Waals surface area contributed by atoms with Gasteiger partial charge >= 0.3 is 6.09 Å². The summed E-state index contributed by atoms with van der Waals surface area (Å²) in [4.78, 5) is 16.9. The van der Waals surface area contributed by atoms with Crippen LogP contribution in [0.3, 0.4) is 0 Å². The largest absolute Gasteiger partial charge is 0.444 e. The number of amides is 1. The average molecular weight is 380 g/mol. The number of hydrogen-bond acceptors (Lipinski definition) is 5. The molecular formula is C19H26FN3O2S. The number of nitrogens with zero attached hydrogens (tertiary/aromatic N) is 1. The lowest BCUT2D eigenvalue weighted by molar-refractivity contribution is 0.0564. The van der Waals surface area contributed by atoms with E-state index in [1.165, 1.54) is 6.07 Å². The van der Waals surface area contributed by atoms with Crippen molar-refractivity contribution in [1.29, 1.82) is 0 Å². The Balaban J connectivity index is 1.93. The van der Waals surface area contributed by atoms with E-state index in [1.807, 2.05) is 27.7 Å². The predicted octanol–water partition coefficient (Wildman–Crippen LogP) is 4.56. The van der Waals surface area contributed by atoms with Crippen molar-refractivity contribution >= 4 is 28.7 Å². The quantitative estimate of drug-likeness (QED) is 0.701. The minimum atomic E-state index is -0.782. The molecule has 0 bridgehead atoms. The molecule has 0 radical (unpaired) electrons. The standard InChI is InChI=1S/C19H26FN3O2S/c1-17(2,3)25-16(24)22-15-23-18(4,11-19(26-15)8-5-9-19)13-10-12(21)6-7-14(13)20/h6-7,10H,5,8-9,11,21H2,1-4H3,(H,22,23,24). The summed E-state index contributed by atoms with van der Waals surface area (Å²) in [6.07, 6.45) is 3.33. The van der Waals surface area contributed by atoms with Gasteiger partial charge in [-0.2, -0.15) is 0 Å². The molecule has 3 N–H and O–H groups in total. The van der Waals surface area contributed by atoms with Crippen molar-refractivity contribution in [2.24, 2.45) is 4.99 Å². The van der Waals surface area contributed by atoms with Gasteiger partial charge in [-0.15, -0.1) is 0 Å². The fourth-order valence-electron chi connectivity index (χ4n) is 3.56. The third-order valence-electron chi connectivity index (χ3n) is 4.77. The molecule has 1 aliphatic heterocycles. The first-order valence-corrected chi connectivity index (χ1v) is 9.66. The Morgan fingerprint density at radius 3 is 2.65 bits per heavy atom. The third-order valence-corrected chi connectivity index (χ3v) is 6.14. The molecule has 5 nitrogen and oxygen atoms in total. The fraction of sp³-hybridized carbons (Fsp3) is 0.579. The second kappa shape index (κ2) is 6.44. The van der Waals surface area contributed by atoms with Crippen molar-refractivity contribution < 1.29 is 13.9 Å². The Morgan fingerprint density at radius 1 is 1.38 bits per heavy atom. The second-order valence-corrected chi connectivity index (χ2v) is 9.83. The Bertz CT molecular complexity index is 756. The number of aliphatic imine (C=N–C) groups is 1. The zero-order chi connectivity index (χ0) is 19.2. The SMILES string of the molecule is CC(C)(C)OC(=O)NC1=NC(C)(c2cc(N)ccc2F)CC2(CCC2)S1. The van der Waals surface area contributed by atoms with Crippen LogP contribution < -0.4 is 11.1 Å². The number of alkyl carbamates (subject to hydrolysis) is 1. The lowest BCUT2D eigenvalue weighted by Crippen LogP contribution is -2.48. The summed E-state index contributed by atoms with van der Waals surface area (Å²) in [5, 5.41) is 3.24. The van der Waals surface area contributed by atoms with Crippen molar-refractivity contribution in [3.63, 3.8) is 0 Å². The number of anilines is 1. The van der Waals surface area contributed by atoms with Crippen LogP contribution in [-0.2, 0) is 10.3 Å². The lowest BCUT2D eigenvalue weighted by Gasteiger charge is -2.49. The molecule has 1 atom stereocenters. The summed E-state index contributed by atoms with van der Waals surface area (Å²) >= 11 is 1.57. The van der Waals surface area contributed by atoms with Gasteiger partial charge in [0.25, 0.3) is 0 Å². The maximum Gasteiger partial charge on any atom is 0.413 e. The molecule has 1 spiro atoms. The van der Waals surface area contributed by atoms with Crippen LogP contribution in [0, 0.1) is 5.82 Å². The topological polar surface area (TPSA) is 76.7 Å². The second-order valence-electron chi connectivity index (χ2n) is 8.37. The van der Waals surface area contributed by atoms with Crippen molar-refractivity contribution in [3.05, 3.63) is 29.6 Å². The maximum atomic E-state index is 14.5. The van der Waals surface area contributed by atoms with Crippen molar-refractivity contribution in [3.8, 4) is 0 Å². The van der Waals surface area contributed by atoms with Gasteiger partial charge in [-0.05, 0) is 65.2 Å². The first kappa shape index (κ1) is 19.0. The Kier molecular flexibility index (Phi) is 4.71. The van der Waals surface area contributed by atoms with Crippen molar-refractivity contribution in [1.82, 2.24) is 5.32 Å². The number of carbonyl (C=O) groups is 1. The van der Waals surface area contributed by atoms with E-state index in [1.54, 1.807) is 23.9 Å². The van der Waals surface area contributed by atoms with Gasteiger partial charge in [0.2, 0.25) is 0 Å². The minimum Gasteiger partial charge on any atom is -0.444 e. The molecule has 1 amide bonds. The molecule has 1 heterocycles. The van der Waals surface area contributed by atoms with E-state index in [0.29, 0.717) is 22.8 Å². The van der Waals surface area contributed by atoms with Gasteiger partial charge < -0.3 is 10.5 Å². The van der Waals surface area contributed by atoms with E-state index in [2.05, 4.69) is 5.32 Å². The van der Waals surface area contributed by atoms with Gasteiger partial charge in [-0.25, -0.2) is 9.18 Å². The number of halogens is 1. The van der Waals surface area contributed by atoms with E-state index in [9.17, 15) is 9.18 Å². The molecule has 3 rings (SSSR count). The number of rotatable bonds is 1. The highest BCUT2D eigenvalue weighted by Gasteiger charge is 2.49. The average Bonchev–Trinajstić information content (AvgIpc) is 2.45. The van der Waals surface area contributed by atoms with Gasteiger partial charge in [0.1, 0.15) is 11.4 Å². The van der Waals surface area contributed by atoms with Crippen LogP contribution in [-0.4, -0.2) is 21.6 Å². The summed E-state index contributed by atoms with van der Waals surface area (Å²) in [5.74, 6) is -0.330. The molecule has 0 saturated heterocycles. The fourth-order valence-corrected chi connectivity index (χ4v) is 5.20. The summed E-state index contributed by atoms with van der Waals surface area (Å²) < 4.78 is 19.9. The number of nitrogens with two attached hydrogens (primary N) is 1. The van der Waals surface area contributed by atoms with E-state index in [-0.39, 0.29) is 10.6 Å². The number of amidine groups is 1. The van der Waals surface area contributed by atoms with Crippen LogP contribution in [0.15, 0.2) is 23.2 Å². The number of hydrogen-bond donors (Lipinski definition) is 2. The molecule has 142 valence electrons. The normalized spacial score (nSPS) is 24.6. The van der Waals surface area contributed by atoms with E-state index in [0.717, 1.165) is 19.3 Å². The summed E-state index contributed by atoms with van der Waals surface area (Å²) in [6, 6.07) is 4.57. The molecule has 1 saturated carbocycles. The van der Waals surface area contributed by atoms with E-state index in [4.69, 9.17) is 15.5 Å². The lowest BCUT2D eigenvalue weighted by atomic mass is 9.73. The zero-order valence-electron chi connectivity index (χ0n) is 15.7. The highest BCUT2D eigenvalue weighted by Crippen LogP contribution is 2.55. The number of benzene rings is 1. The Hall–Kier alpha value is -1.76. The summed E-state index contributed by atoms with van der Waals surface area (Å²) in [5.41, 5.74) is 5.47. The molecule has 2 aliphatic rings. The summed E-state index contributed by atoms with van der Waals surface area (Å²) in [6.45, 7) is 7.33. The molecule has 0 aromatic heterocycles. The van der Waals surface area contributed by atoms with Crippen LogP contribution in [0.1, 0.15) is 58.9 Å². The van der Waals surface area contributed by atoms with Crippen LogP contribution in [0.5, 0.6) is 0 Å². The third kappa shape index (κ3) is 3.98. The zero-order valence-corrected chi connectivity index (χ0v) is 16.5. The minimum absolute atomic E-state index is 0.0299. The smallest absolute Gasteiger partial charge is 0.413 e. The molecule has 1 aromatic carbocycles. The van der Waals surface area contributed by atoms with Gasteiger partial charge in [0, 0.05) is 16.0 Å². The molecule has 1 aromatic rings. The van der Waals surface area contributed by atoms with Gasteiger partial charge in [0.05, 0.1) is 5.54 Å². The van der Waals surface area contributed by atoms with Crippen molar-refractivity contribution in [2.45, 2.75) is 69.3 Å². The monoisotopic (exact) mass is 379 g/mol. The molecule has 7 heteroatoms. The Morgan fingerprint density at radius 2 is 2.08 bits per heavy atom. The molecule has 1 fully saturated rings. The number of nitrogen functional groups attached to an aromatic ring is 1. The highest BCUT2D eigenvalue weighted by atomic mass is 32.2. The van der Waals surface area contributed by atoms with Gasteiger partial charge in [-0.3, -0.25) is 10.3 Å². The van der Waals surface area contributed by atoms with Gasteiger partial charge in [0.15, 0.2) is 5.17 Å².